The zero-order valence-corrected chi connectivity index (χ0v) is 11.6. The first-order chi connectivity index (χ1) is 9.40. The number of anilines is 1. The lowest BCUT2D eigenvalue weighted by Gasteiger charge is -2.09. The van der Waals surface area contributed by atoms with Crippen molar-refractivity contribution in [1.82, 2.24) is 19.7 Å². The Labute approximate surface area is 118 Å². The van der Waals surface area contributed by atoms with Crippen LogP contribution >= 0.6 is 11.8 Å². The number of nitrogen functional groups attached to an aromatic ring is 1. The zero-order valence-electron chi connectivity index (χ0n) is 10.8. The number of nitrogens with two attached hydrogens (primary N) is 1. The fraction of sp³-hybridized carbons (Fsp3) is 0.273. The van der Waals surface area contributed by atoms with E-state index in [-0.39, 0.29) is 17.4 Å². The third-order valence-corrected chi connectivity index (χ3v) is 3.48. The third-order valence-electron chi connectivity index (χ3n) is 2.49. The summed E-state index contributed by atoms with van der Waals surface area (Å²) in [6.07, 6.45) is 0. The Morgan fingerprint density at radius 3 is 2.80 bits per heavy atom. The van der Waals surface area contributed by atoms with Gasteiger partial charge >= 0.3 is 11.7 Å². The minimum absolute atomic E-state index is 0.0902. The van der Waals surface area contributed by atoms with Crippen molar-refractivity contribution in [3.63, 3.8) is 0 Å². The molecular weight excluding hydrogens is 282 g/mol. The maximum atomic E-state index is 11.6. The first kappa shape index (κ1) is 14.1. The van der Waals surface area contributed by atoms with Gasteiger partial charge in [-0.1, -0.05) is 0 Å². The highest BCUT2D eigenvalue weighted by Gasteiger charge is 2.16. The molecule has 0 aromatic carbocycles. The first-order valence-corrected chi connectivity index (χ1v) is 6.56. The molecule has 0 bridgehead atoms. The van der Waals surface area contributed by atoms with E-state index in [1.165, 1.54) is 16.7 Å². The average molecular weight is 295 g/mol. The van der Waals surface area contributed by atoms with Gasteiger partial charge in [-0.25, -0.2) is 19.7 Å². The second kappa shape index (κ2) is 5.37. The van der Waals surface area contributed by atoms with E-state index in [9.17, 15) is 9.59 Å². The molecule has 20 heavy (non-hydrogen) atoms. The minimum atomic E-state index is -1.14. The number of aromatic carboxylic acids is 1. The summed E-state index contributed by atoms with van der Waals surface area (Å²) in [6, 6.07) is 2.69. The van der Waals surface area contributed by atoms with Crippen LogP contribution in [0.1, 0.15) is 30.4 Å². The van der Waals surface area contributed by atoms with Crippen molar-refractivity contribution in [2.45, 2.75) is 30.1 Å². The molecule has 0 saturated heterocycles. The summed E-state index contributed by atoms with van der Waals surface area (Å²) in [7, 11) is 0. The predicted molar refractivity (Wildman–Crippen MR) is 73.0 cm³/mol. The number of carbonyl (C=O) groups is 1. The monoisotopic (exact) mass is 295 g/mol. The van der Waals surface area contributed by atoms with Crippen molar-refractivity contribution in [2.75, 3.05) is 5.73 Å². The average Bonchev–Trinajstić information content (AvgIpc) is 2.73. The number of hydrogen-bond donors (Lipinski definition) is 3. The van der Waals surface area contributed by atoms with E-state index < -0.39 is 5.97 Å². The van der Waals surface area contributed by atoms with Crippen LogP contribution in [0.15, 0.2) is 27.1 Å². The maximum absolute atomic E-state index is 11.6. The van der Waals surface area contributed by atoms with Gasteiger partial charge in [0.1, 0.15) is 10.7 Å². The molecule has 0 saturated carbocycles. The van der Waals surface area contributed by atoms with Crippen LogP contribution in [-0.2, 0) is 0 Å². The van der Waals surface area contributed by atoms with Crippen molar-refractivity contribution < 1.29 is 9.90 Å². The Morgan fingerprint density at radius 2 is 2.20 bits per heavy atom. The Kier molecular flexibility index (Phi) is 3.79. The highest BCUT2D eigenvalue weighted by atomic mass is 32.2. The molecule has 0 aliphatic carbocycles. The summed E-state index contributed by atoms with van der Waals surface area (Å²) >= 11 is 1.04. The number of pyridine rings is 1. The molecular formula is C11H13N5O3S. The van der Waals surface area contributed by atoms with E-state index in [1.54, 1.807) is 0 Å². The van der Waals surface area contributed by atoms with E-state index in [1.807, 2.05) is 13.8 Å². The molecule has 9 heteroatoms. The van der Waals surface area contributed by atoms with Gasteiger partial charge in [-0.3, -0.25) is 4.57 Å². The highest BCUT2D eigenvalue weighted by molar-refractivity contribution is 7.99. The standard InChI is InChI=1S/C11H13N5O3S/c1-5(2)16-10(19)14-15-11(16)20-8-6(12)3-4-7(13-8)9(17)18/h3-5H,12H2,1-2H3,(H,14,19)(H,17,18). The van der Waals surface area contributed by atoms with Crippen molar-refractivity contribution in [1.29, 1.82) is 0 Å². The summed E-state index contributed by atoms with van der Waals surface area (Å²) in [5, 5.41) is 15.8. The van der Waals surface area contributed by atoms with Crippen LogP contribution in [0.25, 0.3) is 0 Å². The number of rotatable bonds is 4. The van der Waals surface area contributed by atoms with E-state index in [2.05, 4.69) is 15.2 Å². The lowest BCUT2D eigenvalue weighted by atomic mass is 10.3. The van der Waals surface area contributed by atoms with Gasteiger partial charge in [0, 0.05) is 6.04 Å². The third kappa shape index (κ3) is 2.67. The quantitative estimate of drug-likeness (QED) is 0.767. The molecule has 4 N–H and O–H groups in total. The van der Waals surface area contributed by atoms with Gasteiger partial charge in [-0.05, 0) is 37.7 Å². The second-order valence-electron chi connectivity index (χ2n) is 4.27. The summed E-state index contributed by atoms with van der Waals surface area (Å²) in [4.78, 5) is 26.5. The molecule has 106 valence electrons. The molecule has 0 aliphatic rings. The molecule has 0 aliphatic heterocycles. The molecule has 8 nitrogen and oxygen atoms in total. The molecule has 2 heterocycles. The Balaban J connectivity index is 2.42. The minimum Gasteiger partial charge on any atom is -0.477 e. The molecule has 2 aromatic rings. The number of hydrogen-bond acceptors (Lipinski definition) is 6. The van der Waals surface area contributed by atoms with Gasteiger partial charge in [0.25, 0.3) is 0 Å². The lowest BCUT2D eigenvalue weighted by Crippen LogP contribution is -2.19. The van der Waals surface area contributed by atoms with Crippen LogP contribution in [0.2, 0.25) is 0 Å². The Bertz CT molecular complexity index is 706. The number of carboxylic acid groups (broad SMARTS) is 1. The number of aromatic amines is 1. The number of nitrogens with one attached hydrogen (secondary N) is 1. The highest BCUT2D eigenvalue weighted by Crippen LogP contribution is 2.29. The Hall–Kier alpha value is -2.29. The first-order valence-electron chi connectivity index (χ1n) is 5.74. The number of carboxylic acids is 1. The normalized spacial score (nSPS) is 10.9. The molecule has 0 spiro atoms. The number of H-pyrrole nitrogens is 1. The van der Waals surface area contributed by atoms with E-state index in [4.69, 9.17) is 10.8 Å². The lowest BCUT2D eigenvalue weighted by molar-refractivity contribution is 0.0690. The van der Waals surface area contributed by atoms with Crippen molar-refractivity contribution in [3.05, 3.63) is 28.3 Å². The fourth-order valence-corrected chi connectivity index (χ4v) is 2.54. The molecule has 0 amide bonds. The van der Waals surface area contributed by atoms with Crippen LogP contribution in [0.5, 0.6) is 0 Å². The van der Waals surface area contributed by atoms with Crippen LogP contribution in [0, 0.1) is 0 Å². The van der Waals surface area contributed by atoms with Crippen LogP contribution in [-0.4, -0.2) is 30.8 Å². The van der Waals surface area contributed by atoms with Crippen molar-refractivity contribution >= 4 is 23.4 Å². The number of aromatic nitrogens is 4. The summed E-state index contributed by atoms with van der Waals surface area (Å²) in [5.41, 5.74) is 5.64. The van der Waals surface area contributed by atoms with Crippen LogP contribution in [0.3, 0.4) is 0 Å². The van der Waals surface area contributed by atoms with Gasteiger partial charge in [0.2, 0.25) is 0 Å². The van der Waals surface area contributed by atoms with E-state index in [0.29, 0.717) is 15.9 Å². The fourth-order valence-electron chi connectivity index (χ4n) is 1.56. The van der Waals surface area contributed by atoms with Crippen molar-refractivity contribution in [3.8, 4) is 0 Å². The molecule has 0 unspecified atom stereocenters. The van der Waals surface area contributed by atoms with Gasteiger partial charge < -0.3 is 10.8 Å². The zero-order chi connectivity index (χ0) is 14.9. The number of nitrogens with zero attached hydrogens (tertiary/aromatic N) is 3. The van der Waals surface area contributed by atoms with Gasteiger partial charge in [-0.15, -0.1) is 5.10 Å². The van der Waals surface area contributed by atoms with Gasteiger partial charge in [-0.2, -0.15) is 0 Å². The molecule has 0 fully saturated rings. The second-order valence-corrected chi connectivity index (χ2v) is 5.23. The molecule has 2 rings (SSSR count). The maximum Gasteiger partial charge on any atom is 0.354 e. The SMILES string of the molecule is CC(C)n1c(Sc2nc(C(=O)O)ccc2N)n[nH]c1=O. The van der Waals surface area contributed by atoms with E-state index in [0.717, 1.165) is 11.8 Å². The smallest absolute Gasteiger partial charge is 0.354 e. The van der Waals surface area contributed by atoms with Crippen LogP contribution < -0.4 is 11.4 Å². The van der Waals surface area contributed by atoms with E-state index >= 15 is 0 Å². The van der Waals surface area contributed by atoms with Gasteiger partial charge in [0.05, 0.1) is 5.69 Å². The van der Waals surface area contributed by atoms with Crippen molar-refractivity contribution in [2.24, 2.45) is 0 Å². The molecule has 0 atom stereocenters. The molecule has 0 radical (unpaired) electrons. The van der Waals surface area contributed by atoms with Gasteiger partial charge in [0.15, 0.2) is 5.16 Å². The Morgan fingerprint density at radius 1 is 1.50 bits per heavy atom. The summed E-state index contributed by atoms with van der Waals surface area (Å²) in [5.74, 6) is -1.14. The predicted octanol–water partition coefficient (Wildman–Crippen LogP) is 0.979. The van der Waals surface area contributed by atoms with Crippen LogP contribution in [0.4, 0.5) is 5.69 Å². The largest absolute Gasteiger partial charge is 0.477 e. The summed E-state index contributed by atoms with van der Waals surface area (Å²) in [6.45, 7) is 3.68. The molecule has 2 aromatic heterocycles. The topological polar surface area (TPSA) is 127 Å². The summed E-state index contributed by atoms with van der Waals surface area (Å²) < 4.78 is 1.44.